The number of nitrogens with zero attached hydrogens (tertiary/aromatic N) is 3. The van der Waals surface area contributed by atoms with Crippen molar-refractivity contribution in [1.82, 2.24) is 15.2 Å². The lowest BCUT2D eigenvalue weighted by molar-refractivity contribution is -0.0209. The summed E-state index contributed by atoms with van der Waals surface area (Å²) in [6.07, 6.45) is -0.0724. The molecular weight excluding hydrogens is 384 g/mol. The third kappa shape index (κ3) is 4.46. The van der Waals surface area contributed by atoms with Gasteiger partial charge in [-0.15, -0.1) is 0 Å². The zero-order valence-corrected chi connectivity index (χ0v) is 16.8. The smallest absolute Gasteiger partial charge is 0.251 e. The second-order valence-corrected chi connectivity index (χ2v) is 7.66. The van der Waals surface area contributed by atoms with Crippen LogP contribution in [0.15, 0.2) is 54.7 Å². The molecule has 0 saturated carbocycles. The van der Waals surface area contributed by atoms with Crippen LogP contribution < -0.4 is 10.2 Å². The Morgan fingerprint density at radius 3 is 2.47 bits per heavy atom. The van der Waals surface area contributed by atoms with Crippen molar-refractivity contribution in [2.24, 2.45) is 0 Å². The summed E-state index contributed by atoms with van der Waals surface area (Å²) in [6, 6.07) is 14.6. The van der Waals surface area contributed by atoms with E-state index in [0.29, 0.717) is 5.56 Å². The molecule has 3 N–H and O–H groups in total. The van der Waals surface area contributed by atoms with Gasteiger partial charge in [-0.3, -0.25) is 9.69 Å². The molecule has 8 nitrogen and oxygen atoms in total. The minimum atomic E-state index is -0.810. The summed E-state index contributed by atoms with van der Waals surface area (Å²) in [5, 5.41) is 23.3. The van der Waals surface area contributed by atoms with E-state index < -0.39 is 18.3 Å². The predicted octanol–water partition coefficient (Wildman–Crippen LogP) is 0.123. The summed E-state index contributed by atoms with van der Waals surface area (Å²) < 4.78 is 5.90. The molecule has 4 rings (SSSR count). The Bertz CT molecular complexity index is 814. The minimum Gasteiger partial charge on any atom is -0.394 e. The molecule has 2 aliphatic heterocycles. The first-order valence-corrected chi connectivity index (χ1v) is 10.3. The largest absolute Gasteiger partial charge is 0.394 e. The highest BCUT2D eigenvalue weighted by molar-refractivity contribution is 5.94. The van der Waals surface area contributed by atoms with Crippen molar-refractivity contribution in [2.75, 3.05) is 44.2 Å². The SMILES string of the molecule is O=C(NCC1OC(CO)C(O)C1N1CCN(c2ccccn2)CC1)c1ccccc1. The molecule has 0 bridgehead atoms. The van der Waals surface area contributed by atoms with E-state index in [9.17, 15) is 15.0 Å². The number of aromatic nitrogens is 1. The Morgan fingerprint density at radius 2 is 1.80 bits per heavy atom. The predicted molar refractivity (Wildman–Crippen MR) is 112 cm³/mol. The van der Waals surface area contributed by atoms with Gasteiger partial charge >= 0.3 is 0 Å². The van der Waals surface area contributed by atoms with E-state index in [0.717, 1.165) is 32.0 Å². The van der Waals surface area contributed by atoms with Crippen molar-refractivity contribution >= 4 is 11.7 Å². The summed E-state index contributed by atoms with van der Waals surface area (Å²) >= 11 is 0. The van der Waals surface area contributed by atoms with Crippen LogP contribution in [0.2, 0.25) is 0 Å². The monoisotopic (exact) mass is 412 g/mol. The van der Waals surface area contributed by atoms with Gasteiger partial charge in [0.15, 0.2) is 0 Å². The molecule has 4 atom stereocenters. The second kappa shape index (κ2) is 9.53. The molecule has 0 aliphatic carbocycles. The van der Waals surface area contributed by atoms with Gasteiger partial charge in [-0.2, -0.15) is 0 Å². The Kier molecular flexibility index (Phi) is 6.59. The summed E-state index contributed by atoms with van der Waals surface area (Å²) in [6.45, 7) is 3.06. The Balaban J connectivity index is 1.39. The minimum absolute atomic E-state index is 0.181. The van der Waals surface area contributed by atoms with Crippen molar-refractivity contribution in [3.8, 4) is 0 Å². The van der Waals surface area contributed by atoms with E-state index in [2.05, 4.69) is 20.1 Å². The first kappa shape index (κ1) is 20.7. The van der Waals surface area contributed by atoms with Gasteiger partial charge < -0.3 is 25.2 Å². The number of aliphatic hydroxyl groups is 2. The van der Waals surface area contributed by atoms with E-state index in [1.165, 1.54) is 0 Å². The molecule has 2 saturated heterocycles. The number of hydrogen-bond donors (Lipinski definition) is 3. The van der Waals surface area contributed by atoms with Crippen LogP contribution in [0, 0.1) is 0 Å². The second-order valence-electron chi connectivity index (χ2n) is 7.66. The number of rotatable bonds is 6. The van der Waals surface area contributed by atoms with E-state index in [1.807, 2.05) is 36.4 Å². The van der Waals surface area contributed by atoms with Crippen LogP contribution >= 0.6 is 0 Å². The standard InChI is InChI=1S/C22H28N4O4/c27-15-18-21(28)20(17(30-18)14-24-22(29)16-6-2-1-3-7-16)26-12-10-25(11-13-26)19-8-4-5-9-23-19/h1-9,17-18,20-21,27-28H,10-15H2,(H,24,29). The molecule has 0 radical (unpaired) electrons. The topological polar surface area (TPSA) is 98.2 Å². The maximum absolute atomic E-state index is 12.4. The lowest BCUT2D eigenvalue weighted by Crippen LogP contribution is -2.57. The lowest BCUT2D eigenvalue weighted by Gasteiger charge is -2.40. The number of nitrogens with one attached hydrogen (secondary N) is 1. The molecule has 8 heteroatoms. The Labute approximate surface area is 176 Å². The van der Waals surface area contributed by atoms with Gasteiger partial charge in [0.2, 0.25) is 0 Å². The number of aliphatic hydroxyl groups excluding tert-OH is 2. The molecule has 0 spiro atoms. The van der Waals surface area contributed by atoms with Crippen molar-refractivity contribution in [1.29, 1.82) is 0 Å². The quantitative estimate of drug-likeness (QED) is 0.620. The number of ether oxygens (including phenoxy) is 1. The third-order valence-corrected chi connectivity index (χ3v) is 5.85. The third-order valence-electron chi connectivity index (χ3n) is 5.85. The molecule has 2 fully saturated rings. The van der Waals surface area contributed by atoms with Gasteiger partial charge in [-0.25, -0.2) is 4.98 Å². The van der Waals surface area contributed by atoms with Crippen LogP contribution in [-0.4, -0.2) is 89.7 Å². The highest BCUT2D eigenvalue weighted by Gasteiger charge is 2.46. The van der Waals surface area contributed by atoms with Crippen LogP contribution in [0.1, 0.15) is 10.4 Å². The molecule has 1 aromatic carbocycles. The van der Waals surface area contributed by atoms with Crippen LogP contribution in [0.25, 0.3) is 0 Å². The molecule has 30 heavy (non-hydrogen) atoms. The number of anilines is 1. The van der Waals surface area contributed by atoms with Gasteiger partial charge in [0.1, 0.15) is 18.0 Å². The Morgan fingerprint density at radius 1 is 1.07 bits per heavy atom. The van der Waals surface area contributed by atoms with Crippen LogP contribution in [0.3, 0.4) is 0 Å². The normalized spacial score (nSPS) is 27.2. The average Bonchev–Trinajstić information content (AvgIpc) is 3.14. The van der Waals surface area contributed by atoms with E-state index in [4.69, 9.17) is 4.74 Å². The first-order chi connectivity index (χ1) is 14.7. The van der Waals surface area contributed by atoms with E-state index >= 15 is 0 Å². The fraction of sp³-hybridized carbons (Fsp3) is 0.455. The molecule has 2 aromatic rings. The van der Waals surface area contributed by atoms with Gasteiger partial charge in [-0.05, 0) is 24.3 Å². The molecule has 1 amide bonds. The zero-order valence-electron chi connectivity index (χ0n) is 16.8. The number of carbonyl (C=O) groups excluding carboxylic acids is 1. The molecule has 3 heterocycles. The summed E-state index contributed by atoms with van der Waals surface area (Å²) in [7, 11) is 0. The highest BCUT2D eigenvalue weighted by atomic mass is 16.5. The molecule has 2 aliphatic rings. The Hall–Kier alpha value is -2.52. The first-order valence-electron chi connectivity index (χ1n) is 10.3. The zero-order chi connectivity index (χ0) is 20.9. The summed E-state index contributed by atoms with van der Waals surface area (Å²) in [5.74, 6) is 0.764. The van der Waals surface area contributed by atoms with Crippen molar-refractivity contribution in [3.63, 3.8) is 0 Å². The van der Waals surface area contributed by atoms with Crippen LogP contribution in [-0.2, 0) is 4.74 Å². The molecule has 160 valence electrons. The van der Waals surface area contributed by atoms with Gasteiger partial charge in [-0.1, -0.05) is 24.3 Å². The van der Waals surface area contributed by atoms with Crippen molar-refractivity contribution < 1.29 is 19.7 Å². The highest BCUT2D eigenvalue weighted by Crippen LogP contribution is 2.27. The maximum Gasteiger partial charge on any atom is 0.251 e. The van der Waals surface area contributed by atoms with Crippen LogP contribution in [0.5, 0.6) is 0 Å². The number of piperazine rings is 1. The average molecular weight is 412 g/mol. The summed E-state index contributed by atoms with van der Waals surface area (Å²) in [4.78, 5) is 21.2. The molecular formula is C22H28N4O4. The number of pyridine rings is 1. The number of carbonyl (C=O) groups is 1. The molecule has 4 unspecified atom stereocenters. The van der Waals surface area contributed by atoms with Crippen molar-refractivity contribution in [2.45, 2.75) is 24.4 Å². The number of amides is 1. The summed E-state index contributed by atoms with van der Waals surface area (Å²) in [5.41, 5.74) is 0.579. The number of hydrogen-bond acceptors (Lipinski definition) is 7. The maximum atomic E-state index is 12.4. The van der Waals surface area contributed by atoms with E-state index in [1.54, 1.807) is 18.3 Å². The van der Waals surface area contributed by atoms with E-state index in [-0.39, 0.29) is 25.1 Å². The molecule has 1 aromatic heterocycles. The lowest BCUT2D eigenvalue weighted by atomic mass is 10.0. The van der Waals surface area contributed by atoms with Gasteiger partial charge in [0, 0.05) is 44.5 Å². The van der Waals surface area contributed by atoms with Gasteiger partial charge in [0.25, 0.3) is 5.91 Å². The van der Waals surface area contributed by atoms with Gasteiger partial charge in [0.05, 0.1) is 18.8 Å². The van der Waals surface area contributed by atoms with Crippen LogP contribution in [0.4, 0.5) is 5.82 Å². The fourth-order valence-corrected chi connectivity index (χ4v) is 4.27. The number of benzene rings is 1. The van der Waals surface area contributed by atoms with Crippen molar-refractivity contribution in [3.05, 3.63) is 60.3 Å². The fourth-order valence-electron chi connectivity index (χ4n) is 4.27.